The van der Waals surface area contributed by atoms with Crippen LogP contribution in [0.15, 0.2) is 24.3 Å². The van der Waals surface area contributed by atoms with Gasteiger partial charge in [0.2, 0.25) is 0 Å². The third-order valence-electron chi connectivity index (χ3n) is 6.42. The molecule has 0 amide bonds. The molecule has 0 radical (unpaired) electrons. The SMILES string of the molecule is CC(O)(CNC1C2CCOC2C12CCCC2)c1ccc(F)cc1. The van der Waals surface area contributed by atoms with Crippen LogP contribution in [0.2, 0.25) is 0 Å². The van der Waals surface area contributed by atoms with E-state index in [0.29, 0.717) is 30.0 Å². The van der Waals surface area contributed by atoms with Crippen LogP contribution >= 0.6 is 0 Å². The van der Waals surface area contributed by atoms with Crippen molar-refractivity contribution in [3.63, 3.8) is 0 Å². The third kappa shape index (κ3) is 2.43. The minimum atomic E-state index is -0.988. The molecule has 126 valence electrons. The van der Waals surface area contributed by atoms with E-state index < -0.39 is 5.60 Å². The van der Waals surface area contributed by atoms with Crippen molar-refractivity contribution in [2.75, 3.05) is 13.2 Å². The van der Waals surface area contributed by atoms with Crippen molar-refractivity contribution in [2.45, 2.75) is 56.8 Å². The highest BCUT2D eigenvalue weighted by Crippen LogP contribution is 2.60. The molecule has 0 bridgehead atoms. The zero-order valence-corrected chi connectivity index (χ0v) is 13.7. The fourth-order valence-corrected chi connectivity index (χ4v) is 5.23. The Labute approximate surface area is 137 Å². The van der Waals surface area contributed by atoms with Gasteiger partial charge in [-0.25, -0.2) is 4.39 Å². The van der Waals surface area contributed by atoms with Crippen LogP contribution in [0.25, 0.3) is 0 Å². The number of aliphatic hydroxyl groups is 1. The van der Waals surface area contributed by atoms with Gasteiger partial charge in [0.05, 0.1) is 11.7 Å². The molecule has 4 atom stereocenters. The van der Waals surface area contributed by atoms with Gasteiger partial charge >= 0.3 is 0 Å². The number of fused-ring (bicyclic) bond motifs is 2. The van der Waals surface area contributed by atoms with Crippen LogP contribution < -0.4 is 5.32 Å². The minimum absolute atomic E-state index is 0.271. The van der Waals surface area contributed by atoms with Crippen molar-refractivity contribution >= 4 is 0 Å². The lowest BCUT2D eigenvalue weighted by molar-refractivity contribution is -0.134. The fourth-order valence-electron chi connectivity index (χ4n) is 5.23. The van der Waals surface area contributed by atoms with Gasteiger partial charge in [-0.1, -0.05) is 25.0 Å². The highest BCUT2D eigenvalue weighted by molar-refractivity contribution is 5.23. The summed E-state index contributed by atoms with van der Waals surface area (Å²) in [4.78, 5) is 0. The molecule has 3 fully saturated rings. The Hall–Kier alpha value is -0.970. The van der Waals surface area contributed by atoms with E-state index in [2.05, 4.69) is 5.32 Å². The van der Waals surface area contributed by atoms with E-state index in [1.165, 1.54) is 37.8 Å². The van der Waals surface area contributed by atoms with E-state index in [9.17, 15) is 9.50 Å². The third-order valence-corrected chi connectivity index (χ3v) is 6.42. The maximum absolute atomic E-state index is 13.1. The quantitative estimate of drug-likeness (QED) is 0.896. The van der Waals surface area contributed by atoms with Gasteiger partial charge in [-0.2, -0.15) is 0 Å². The summed E-state index contributed by atoms with van der Waals surface area (Å²) in [7, 11) is 0. The van der Waals surface area contributed by atoms with Crippen LogP contribution in [0.4, 0.5) is 4.39 Å². The summed E-state index contributed by atoms with van der Waals surface area (Å²) < 4.78 is 19.1. The zero-order chi connectivity index (χ0) is 16.1. The lowest BCUT2D eigenvalue weighted by Crippen LogP contribution is -2.68. The number of rotatable bonds is 4. The van der Waals surface area contributed by atoms with Crippen molar-refractivity contribution in [3.8, 4) is 0 Å². The zero-order valence-electron chi connectivity index (χ0n) is 13.7. The summed E-state index contributed by atoms with van der Waals surface area (Å²) in [6, 6.07) is 6.61. The van der Waals surface area contributed by atoms with Crippen LogP contribution in [0.1, 0.15) is 44.6 Å². The lowest BCUT2D eigenvalue weighted by Gasteiger charge is -2.57. The van der Waals surface area contributed by atoms with E-state index >= 15 is 0 Å². The molecule has 4 unspecified atom stereocenters. The van der Waals surface area contributed by atoms with Crippen LogP contribution in [-0.4, -0.2) is 30.4 Å². The second kappa shape index (κ2) is 5.54. The summed E-state index contributed by atoms with van der Waals surface area (Å²) >= 11 is 0. The van der Waals surface area contributed by atoms with E-state index in [4.69, 9.17) is 4.74 Å². The normalized spacial score (nSPS) is 34.1. The molecule has 1 spiro atoms. The van der Waals surface area contributed by atoms with Crippen LogP contribution in [-0.2, 0) is 10.3 Å². The second-order valence-electron chi connectivity index (χ2n) is 7.82. The number of hydrogen-bond acceptors (Lipinski definition) is 3. The summed E-state index contributed by atoms with van der Waals surface area (Å²) in [5.41, 5.74) is 0.0587. The minimum Gasteiger partial charge on any atom is -0.384 e. The predicted octanol–water partition coefficient (Wildman–Crippen LogP) is 2.97. The molecule has 1 aromatic rings. The lowest BCUT2D eigenvalue weighted by atomic mass is 9.54. The van der Waals surface area contributed by atoms with E-state index in [1.54, 1.807) is 19.1 Å². The molecular formula is C19H26FNO2. The summed E-state index contributed by atoms with van der Waals surface area (Å²) in [5.74, 6) is 0.324. The number of halogens is 1. The molecule has 4 rings (SSSR count). The average Bonchev–Trinajstić information content (AvgIpc) is 3.15. The summed E-state index contributed by atoms with van der Waals surface area (Å²) in [6.45, 7) is 3.17. The van der Waals surface area contributed by atoms with E-state index in [0.717, 1.165) is 18.6 Å². The topological polar surface area (TPSA) is 41.5 Å². The molecule has 1 saturated heterocycles. The molecule has 0 aromatic heterocycles. The molecule has 4 heteroatoms. The van der Waals surface area contributed by atoms with Crippen molar-refractivity contribution in [1.82, 2.24) is 5.32 Å². The number of ether oxygens (including phenoxy) is 1. The van der Waals surface area contributed by atoms with Crippen molar-refractivity contribution in [2.24, 2.45) is 11.3 Å². The van der Waals surface area contributed by atoms with Gasteiger partial charge in [0.1, 0.15) is 5.82 Å². The van der Waals surface area contributed by atoms with Gasteiger partial charge in [0.25, 0.3) is 0 Å². The van der Waals surface area contributed by atoms with Crippen LogP contribution in [0, 0.1) is 17.2 Å². The highest BCUT2D eigenvalue weighted by atomic mass is 19.1. The van der Waals surface area contributed by atoms with Gasteiger partial charge in [0.15, 0.2) is 0 Å². The fraction of sp³-hybridized carbons (Fsp3) is 0.684. The number of benzene rings is 1. The smallest absolute Gasteiger partial charge is 0.123 e. The van der Waals surface area contributed by atoms with Crippen molar-refractivity contribution in [3.05, 3.63) is 35.6 Å². The molecule has 2 saturated carbocycles. The van der Waals surface area contributed by atoms with E-state index in [1.807, 2.05) is 0 Å². The summed E-state index contributed by atoms with van der Waals surface area (Å²) in [6.07, 6.45) is 6.62. The van der Waals surface area contributed by atoms with Crippen molar-refractivity contribution < 1.29 is 14.2 Å². The first-order valence-electron chi connectivity index (χ1n) is 8.86. The molecule has 2 N–H and O–H groups in total. The Morgan fingerprint density at radius 3 is 2.70 bits per heavy atom. The monoisotopic (exact) mass is 319 g/mol. The molecule has 2 aliphatic carbocycles. The summed E-state index contributed by atoms with van der Waals surface area (Å²) in [5, 5.41) is 14.5. The second-order valence-corrected chi connectivity index (χ2v) is 7.82. The Bertz CT molecular complexity index is 565. The maximum atomic E-state index is 13.1. The molecule has 3 aliphatic rings. The first-order valence-corrected chi connectivity index (χ1v) is 8.86. The molecular weight excluding hydrogens is 293 g/mol. The molecule has 1 aliphatic heterocycles. The van der Waals surface area contributed by atoms with Crippen LogP contribution in [0.5, 0.6) is 0 Å². The van der Waals surface area contributed by atoms with Crippen molar-refractivity contribution in [1.29, 1.82) is 0 Å². The van der Waals surface area contributed by atoms with Gasteiger partial charge < -0.3 is 15.2 Å². The van der Waals surface area contributed by atoms with Gasteiger partial charge in [-0.3, -0.25) is 0 Å². The average molecular weight is 319 g/mol. The maximum Gasteiger partial charge on any atom is 0.123 e. The Balaban J connectivity index is 1.46. The van der Waals surface area contributed by atoms with Gasteiger partial charge in [-0.15, -0.1) is 0 Å². The standard InChI is InChI=1S/C19H26FNO2/c1-18(22,13-4-6-14(20)7-5-13)12-21-16-15-8-11-23-17(15)19(16)9-2-3-10-19/h4-7,15-17,21-22H,2-3,8-12H2,1H3. The number of hydrogen-bond donors (Lipinski definition) is 2. The first-order chi connectivity index (χ1) is 11.0. The molecule has 1 heterocycles. The molecule has 1 aromatic carbocycles. The largest absolute Gasteiger partial charge is 0.384 e. The van der Waals surface area contributed by atoms with E-state index in [-0.39, 0.29) is 5.82 Å². The number of nitrogens with one attached hydrogen (secondary N) is 1. The van der Waals surface area contributed by atoms with Gasteiger partial charge in [-0.05, 0) is 43.9 Å². The van der Waals surface area contributed by atoms with Gasteiger partial charge in [0, 0.05) is 30.5 Å². The highest BCUT2D eigenvalue weighted by Gasteiger charge is 2.64. The first kappa shape index (κ1) is 15.6. The Morgan fingerprint density at radius 1 is 1.30 bits per heavy atom. The Kier molecular flexibility index (Phi) is 3.74. The molecule has 3 nitrogen and oxygen atoms in total. The Morgan fingerprint density at radius 2 is 2.00 bits per heavy atom. The molecule has 23 heavy (non-hydrogen) atoms. The predicted molar refractivity (Wildman–Crippen MR) is 86.5 cm³/mol. The van der Waals surface area contributed by atoms with Crippen LogP contribution in [0.3, 0.4) is 0 Å².